The first-order valence-corrected chi connectivity index (χ1v) is 6.49. The molecule has 0 spiro atoms. The lowest BCUT2D eigenvalue weighted by Crippen LogP contribution is -2.37. The fraction of sp³-hybridized carbons (Fsp3) is 0.267. The van der Waals surface area contributed by atoms with Crippen molar-refractivity contribution < 1.29 is 4.79 Å². The standard InChI is InChI=1S/C15H19ClN2O/c1-3-9-18(10-4-2)12-15(19)17-11-13-7-5-6-8-14(13)16/h3-8H,1-2,9-12H2,(H,17,19). The van der Waals surface area contributed by atoms with Crippen molar-refractivity contribution >= 4 is 17.5 Å². The zero-order valence-corrected chi connectivity index (χ0v) is 11.7. The van der Waals surface area contributed by atoms with Crippen LogP contribution in [0.5, 0.6) is 0 Å². The average molecular weight is 279 g/mol. The van der Waals surface area contributed by atoms with Gasteiger partial charge < -0.3 is 5.32 Å². The molecule has 4 heteroatoms. The molecule has 0 fully saturated rings. The molecule has 102 valence electrons. The Hall–Kier alpha value is -1.58. The third-order valence-corrected chi connectivity index (χ3v) is 2.94. The number of carbonyl (C=O) groups excluding carboxylic acids is 1. The second kappa shape index (κ2) is 8.51. The SMILES string of the molecule is C=CCN(CC=C)CC(=O)NCc1ccccc1Cl. The van der Waals surface area contributed by atoms with E-state index in [0.717, 1.165) is 5.56 Å². The predicted octanol–water partition coefficient (Wildman–Crippen LogP) is 2.63. The maximum absolute atomic E-state index is 11.8. The first-order valence-electron chi connectivity index (χ1n) is 6.11. The van der Waals surface area contributed by atoms with Crippen LogP contribution in [0.4, 0.5) is 0 Å². The highest BCUT2D eigenvalue weighted by Crippen LogP contribution is 2.14. The first kappa shape index (κ1) is 15.5. The number of nitrogens with one attached hydrogen (secondary N) is 1. The van der Waals surface area contributed by atoms with E-state index in [4.69, 9.17) is 11.6 Å². The molecule has 19 heavy (non-hydrogen) atoms. The minimum atomic E-state index is -0.0383. The lowest BCUT2D eigenvalue weighted by Gasteiger charge is -2.18. The molecule has 0 radical (unpaired) electrons. The summed E-state index contributed by atoms with van der Waals surface area (Å²) in [6.45, 7) is 9.42. The Balaban J connectivity index is 2.44. The van der Waals surface area contributed by atoms with Gasteiger partial charge in [-0.2, -0.15) is 0 Å². The summed E-state index contributed by atoms with van der Waals surface area (Å²) in [5.41, 5.74) is 0.913. The van der Waals surface area contributed by atoms with E-state index in [1.54, 1.807) is 12.2 Å². The zero-order valence-electron chi connectivity index (χ0n) is 10.9. The van der Waals surface area contributed by atoms with Crippen LogP contribution < -0.4 is 5.32 Å². The highest BCUT2D eigenvalue weighted by Gasteiger charge is 2.08. The van der Waals surface area contributed by atoms with Crippen LogP contribution >= 0.6 is 11.6 Å². The Kier molecular flexibility index (Phi) is 6.93. The van der Waals surface area contributed by atoms with Gasteiger partial charge in [-0.1, -0.05) is 42.0 Å². The van der Waals surface area contributed by atoms with Gasteiger partial charge in [0, 0.05) is 24.7 Å². The number of halogens is 1. The minimum Gasteiger partial charge on any atom is -0.351 e. The van der Waals surface area contributed by atoms with Gasteiger partial charge in [-0.3, -0.25) is 9.69 Å². The summed E-state index contributed by atoms with van der Waals surface area (Å²) in [6.07, 6.45) is 3.54. The van der Waals surface area contributed by atoms with E-state index in [0.29, 0.717) is 31.2 Å². The van der Waals surface area contributed by atoms with Crippen LogP contribution in [-0.4, -0.2) is 30.4 Å². The van der Waals surface area contributed by atoms with Crippen LogP contribution in [0, 0.1) is 0 Å². The molecule has 1 aromatic carbocycles. The largest absolute Gasteiger partial charge is 0.351 e. The molecule has 0 aliphatic carbocycles. The molecule has 0 aliphatic rings. The lowest BCUT2D eigenvalue weighted by molar-refractivity contribution is -0.122. The van der Waals surface area contributed by atoms with Gasteiger partial charge in [-0.15, -0.1) is 13.2 Å². The summed E-state index contributed by atoms with van der Waals surface area (Å²) in [7, 11) is 0. The summed E-state index contributed by atoms with van der Waals surface area (Å²) < 4.78 is 0. The van der Waals surface area contributed by atoms with Crippen molar-refractivity contribution in [3.05, 3.63) is 60.2 Å². The number of rotatable bonds is 8. The number of hydrogen-bond donors (Lipinski definition) is 1. The number of amides is 1. The molecule has 0 saturated heterocycles. The second-order valence-corrected chi connectivity index (χ2v) is 4.55. The molecule has 0 aromatic heterocycles. The summed E-state index contributed by atoms with van der Waals surface area (Å²) in [5, 5.41) is 3.52. The molecule has 1 amide bonds. The summed E-state index contributed by atoms with van der Waals surface area (Å²) in [6, 6.07) is 7.47. The van der Waals surface area contributed by atoms with Crippen molar-refractivity contribution in [2.75, 3.05) is 19.6 Å². The quantitative estimate of drug-likeness (QED) is 0.742. The molecule has 0 saturated carbocycles. The second-order valence-electron chi connectivity index (χ2n) is 4.14. The van der Waals surface area contributed by atoms with Gasteiger partial charge in [0.05, 0.1) is 6.54 Å². The van der Waals surface area contributed by atoms with E-state index in [-0.39, 0.29) is 5.91 Å². The molecule has 0 aliphatic heterocycles. The summed E-state index contributed by atoms with van der Waals surface area (Å²) in [4.78, 5) is 13.8. The molecule has 0 unspecified atom stereocenters. The minimum absolute atomic E-state index is 0.0383. The van der Waals surface area contributed by atoms with Crippen LogP contribution in [0.2, 0.25) is 5.02 Å². The van der Waals surface area contributed by atoms with Gasteiger partial charge in [-0.05, 0) is 11.6 Å². The van der Waals surface area contributed by atoms with Crippen LogP contribution in [0.25, 0.3) is 0 Å². The van der Waals surface area contributed by atoms with Gasteiger partial charge in [0.2, 0.25) is 5.91 Å². The van der Waals surface area contributed by atoms with Gasteiger partial charge in [0.1, 0.15) is 0 Å². The molecule has 3 nitrogen and oxygen atoms in total. The topological polar surface area (TPSA) is 32.3 Å². The Morgan fingerprint density at radius 1 is 1.26 bits per heavy atom. The fourth-order valence-corrected chi connectivity index (χ4v) is 1.87. The number of carbonyl (C=O) groups is 1. The van der Waals surface area contributed by atoms with Gasteiger partial charge in [-0.25, -0.2) is 0 Å². The molecule has 1 N–H and O–H groups in total. The van der Waals surface area contributed by atoms with Crippen LogP contribution in [0.15, 0.2) is 49.6 Å². The van der Waals surface area contributed by atoms with E-state index in [1.165, 1.54) is 0 Å². The Morgan fingerprint density at radius 2 is 1.89 bits per heavy atom. The molecule has 0 heterocycles. The summed E-state index contributed by atoms with van der Waals surface area (Å²) in [5.74, 6) is -0.0383. The molecule has 1 rings (SSSR count). The normalized spacial score (nSPS) is 10.2. The van der Waals surface area contributed by atoms with Crippen molar-refractivity contribution in [2.45, 2.75) is 6.54 Å². The maximum atomic E-state index is 11.8. The van der Waals surface area contributed by atoms with Gasteiger partial charge in [0.15, 0.2) is 0 Å². The Labute approximate surface area is 119 Å². The highest BCUT2D eigenvalue weighted by atomic mass is 35.5. The molecule has 1 aromatic rings. The summed E-state index contributed by atoms with van der Waals surface area (Å²) >= 11 is 6.02. The van der Waals surface area contributed by atoms with E-state index >= 15 is 0 Å². The van der Waals surface area contributed by atoms with Crippen LogP contribution in [0.1, 0.15) is 5.56 Å². The van der Waals surface area contributed by atoms with Crippen LogP contribution in [0.3, 0.4) is 0 Å². The van der Waals surface area contributed by atoms with Crippen molar-refractivity contribution in [2.24, 2.45) is 0 Å². The average Bonchev–Trinajstić information content (AvgIpc) is 2.38. The van der Waals surface area contributed by atoms with E-state index in [9.17, 15) is 4.79 Å². The third kappa shape index (κ3) is 5.73. The highest BCUT2D eigenvalue weighted by molar-refractivity contribution is 6.31. The molecular weight excluding hydrogens is 260 g/mol. The van der Waals surface area contributed by atoms with Crippen molar-refractivity contribution in [1.82, 2.24) is 10.2 Å². The monoisotopic (exact) mass is 278 g/mol. The number of benzene rings is 1. The number of hydrogen-bond acceptors (Lipinski definition) is 2. The third-order valence-electron chi connectivity index (χ3n) is 2.58. The van der Waals surface area contributed by atoms with Crippen molar-refractivity contribution in [3.8, 4) is 0 Å². The Morgan fingerprint density at radius 3 is 2.47 bits per heavy atom. The zero-order chi connectivity index (χ0) is 14.1. The smallest absolute Gasteiger partial charge is 0.234 e. The van der Waals surface area contributed by atoms with Crippen LogP contribution in [-0.2, 0) is 11.3 Å². The molecule has 0 atom stereocenters. The molecular formula is C15H19ClN2O. The fourth-order valence-electron chi connectivity index (χ4n) is 1.66. The lowest BCUT2D eigenvalue weighted by atomic mass is 10.2. The van der Waals surface area contributed by atoms with E-state index < -0.39 is 0 Å². The van der Waals surface area contributed by atoms with Crippen molar-refractivity contribution in [1.29, 1.82) is 0 Å². The van der Waals surface area contributed by atoms with Gasteiger partial charge >= 0.3 is 0 Å². The maximum Gasteiger partial charge on any atom is 0.234 e. The molecule has 0 bridgehead atoms. The predicted molar refractivity (Wildman–Crippen MR) is 80.1 cm³/mol. The van der Waals surface area contributed by atoms with E-state index in [1.807, 2.05) is 29.2 Å². The number of nitrogens with zero attached hydrogens (tertiary/aromatic N) is 1. The first-order chi connectivity index (χ1) is 9.17. The van der Waals surface area contributed by atoms with Crippen molar-refractivity contribution in [3.63, 3.8) is 0 Å². The van der Waals surface area contributed by atoms with Gasteiger partial charge in [0.25, 0.3) is 0 Å². The van der Waals surface area contributed by atoms with E-state index in [2.05, 4.69) is 18.5 Å². The Bertz CT molecular complexity index is 436.